The minimum atomic E-state index is -0.153. The molecule has 0 saturated carbocycles. The monoisotopic (exact) mass is 346 g/mol. The number of rotatable bonds is 6. The van der Waals surface area contributed by atoms with Gasteiger partial charge in [-0.2, -0.15) is 0 Å². The maximum Gasteiger partial charge on any atom is 0.305 e. The zero-order chi connectivity index (χ0) is 17.8. The molecule has 0 bridgehead atoms. The molecule has 4 heteroatoms. The van der Waals surface area contributed by atoms with E-state index in [0.29, 0.717) is 30.1 Å². The Balaban J connectivity index is 1.74. The van der Waals surface area contributed by atoms with Gasteiger partial charge in [0, 0.05) is 24.3 Å². The van der Waals surface area contributed by atoms with E-state index < -0.39 is 0 Å². The fourth-order valence-electron chi connectivity index (χ4n) is 4.15. The maximum absolute atomic E-state index is 11.4. The fourth-order valence-corrected chi connectivity index (χ4v) is 4.15. The Labute approximate surface area is 150 Å². The van der Waals surface area contributed by atoms with E-state index in [1.807, 2.05) is 6.26 Å². The predicted molar refractivity (Wildman–Crippen MR) is 96.3 cm³/mol. The van der Waals surface area contributed by atoms with Gasteiger partial charge in [0.05, 0.1) is 26.1 Å². The molecule has 1 aliphatic heterocycles. The molecule has 1 aromatic rings. The summed E-state index contributed by atoms with van der Waals surface area (Å²) in [6.07, 6.45) is 11.0. The minimum Gasteiger partial charge on any atom is -0.469 e. The van der Waals surface area contributed by atoms with Gasteiger partial charge in [0.25, 0.3) is 0 Å². The highest BCUT2D eigenvalue weighted by atomic mass is 16.5. The number of allylic oxidation sites excluding steroid dienone is 2. The lowest BCUT2D eigenvalue weighted by molar-refractivity contribution is -0.142. The lowest BCUT2D eigenvalue weighted by Gasteiger charge is -2.42. The van der Waals surface area contributed by atoms with Gasteiger partial charge >= 0.3 is 5.97 Å². The molecule has 2 heterocycles. The summed E-state index contributed by atoms with van der Waals surface area (Å²) in [4.78, 5) is 11.4. The summed E-state index contributed by atoms with van der Waals surface area (Å²) < 4.78 is 16.6. The first-order chi connectivity index (χ1) is 12.1. The summed E-state index contributed by atoms with van der Waals surface area (Å²) in [6, 6.07) is 2.14. The molecule has 2 aliphatic rings. The van der Waals surface area contributed by atoms with Gasteiger partial charge in [-0.25, -0.2) is 0 Å². The number of hydrogen-bond donors (Lipinski definition) is 0. The van der Waals surface area contributed by atoms with Crippen LogP contribution in [-0.4, -0.2) is 25.8 Å². The van der Waals surface area contributed by atoms with Crippen molar-refractivity contribution in [3.8, 4) is 0 Å². The van der Waals surface area contributed by atoms with Crippen molar-refractivity contribution in [1.29, 1.82) is 0 Å². The number of ether oxygens (including phenoxy) is 2. The van der Waals surface area contributed by atoms with E-state index in [9.17, 15) is 4.79 Å². The summed E-state index contributed by atoms with van der Waals surface area (Å²) in [5, 5.41) is 0. The molecule has 1 fully saturated rings. The molecule has 25 heavy (non-hydrogen) atoms. The molecule has 138 valence electrons. The second-order valence-corrected chi connectivity index (χ2v) is 7.53. The Morgan fingerprint density at radius 3 is 3.08 bits per heavy atom. The van der Waals surface area contributed by atoms with E-state index in [-0.39, 0.29) is 12.1 Å². The first kappa shape index (κ1) is 18.2. The average Bonchev–Trinajstić information content (AvgIpc) is 3.10. The van der Waals surface area contributed by atoms with Gasteiger partial charge in [-0.05, 0) is 36.7 Å². The van der Waals surface area contributed by atoms with E-state index in [2.05, 4.69) is 32.1 Å². The highest BCUT2D eigenvalue weighted by molar-refractivity contribution is 5.69. The minimum absolute atomic E-state index is 0.147. The third-order valence-electron chi connectivity index (χ3n) is 5.92. The Morgan fingerprint density at radius 1 is 1.48 bits per heavy atom. The predicted octanol–water partition coefficient (Wildman–Crippen LogP) is 4.50. The Morgan fingerprint density at radius 2 is 2.32 bits per heavy atom. The lowest BCUT2D eigenvalue weighted by Crippen LogP contribution is -2.40. The van der Waals surface area contributed by atoms with Crippen LogP contribution in [0.3, 0.4) is 0 Å². The van der Waals surface area contributed by atoms with Crippen molar-refractivity contribution in [2.75, 3.05) is 13.7 Å². The molecule has 0 N–H and O–H groups in total. The third-order valence-corrected chi connectivity index (χ3v) is 5.92. The molecule has 1 aromatic heterocycles. The topological polar surface area (TPSA) is 48.7 Å². The molecule has 5 unspecified atom stereocenters. The standard InChI is InChI=1S/C21H30O4/c1-4-14(2)5-7-17-18-9-10-24-20(18)11-15-13-25-16(12-19(15)17)6-8-21(22)23-3/h5,7,9-10,14-17,19H,4,6,8,11-13H2,1-3H3. The van der Waals surface area contributed by atoms with Crippen molar-refractivity contribution in [3.63, 3.8) is 0 Å². The zero-order valence-corrected chi connectivity index (χ0v) is 15.6. The van der Waals surface area contributed by atoms with Crippen LogP contribution in [0.1, 0.15) is 56.8 Å². The van der Waals surface area contributed by atoms with Crippen molar-refractivity contribution in [1.82, 2.24) is 0 Å². The number of furan rings is 1. The lowest BCUT2D eigenvalue weighted by atomic mass is 9.67. The van der Waals surface area contributed by atoms with E-state index >= 15 is 0 Å². The van der Waals surface area contributed by atoms with Gasteiger partial charge < -0.3 is 13.9 Å². The number of carbonyl (C=O) groups excluding carboxylic acids is 1. The van der Waals surface area contributed by atoms with Gasteiger partial charge in [-0.1, -0.05) is 32.4 Å². The van der Waals surface area contributed by atoms with E-state index in [0.717, 1.165) is 38.1 Å². The highest BCUT2D eigenvalue weighted by Crippen LogP contribution is 2.46. The van der Waals surface area contributed by atoms with Gasteiger partial charge in [0.1, 0.15) is 5.76 Å². The number of fused-ring (bicyclic) bond motifs is 2. The first-order valence-corrected chi connectivity index (χ1v) is 9.55. The molecule has 0 spiro atoms. The van der Waals surface area contributed by atoms with E-state index in [4.69, 9.17) is 13.9 Å². The Bertz CT molecular complexity index is 603. The second kappa shape index (κ2) is 8.22. The van der Waals surface area contributed by atoms with Crippen molar-refractivity contribution in [2.45, 2.75) is 58.0 Å². The van der Waals surface area contributed by atoms with E-state index in [1.54, 1.807) is 0 Å². The number of esters is 1. The molecular formula is C21H30O4. The maximum atomic E-state index is 11.4. The molecule has 1 saturated heterocycles. The molecular weight excluding hydrogens is 316 g/mol. The molecule has 0 aromatic carbocycles. The van der Waals surface area contributed by atoms with Crippen LogP contribution < -0.4 is 0 Å². The van der Waals surface area contributed by atoms with Gasteiger partial charge in [0.15, 0.2) is 0 Å². The second-order valence-electron chi connectivity index (χ2n) is 7.53. The van der Waals surface area contributed by atoms with Crippen LogP contribution in [0, 0.1) is 17.8 Å². The number of hydrogen-bond acceptors (Lipinski definition) is 4. The van der Waals surface area contributed by atoms with Crippen LogP contribution >= 0.6 is 0 Å². The average molecular weight is 346 g/mol. The number of carbonyl (C=O) groups is 1. The number of methoxy groups -OCH3 is 1. The summed E-state index contributed by atoms with van der Waals surface area (Å²) in [5.74, 6) is 3.01. The van der Waals surface area contributed by atoms with Crippen LogP contribution in [0.2, 0.25) is 0 Å². The fraction of sp³-hybridized carbons (Fsp3) is 0.667. The van der Waals surface area contributed by atoms with Crippen molar-refractivity contribution in [2.24, 2.45) is 17.8 Å². The van der Waals surface area contributed by atoms with Gasteiger partial charge in [0.2, 0.25) is 0 Å². The summed E-state index contributed by atoms with van der Waals surface area (Å²) in [7, 11) is 1.44. The quantitative estimate of drug-likeness (QED) is 0.562. The largest absolute Gasteiger partial charge is 0.469 e. The SMILES string of the molecule is CCC(C)C=CC1c2ccoc2CC2COC(CCC(=O)OC)CC21. The first-order valence-electron chi connectivity index (χ1n) is 9.55. The molecule has 4 nitrogen and oxygen atoms in total. The Kier molecular flexibility index (Phi) is 6.00. The van der Waals surface area contributed by atoms with Crippen LogP contribution in [0.15, 0.2) is 28.9 Å². The van der Waals surface area contributed by atoms with Crippen LogP contribution in [0.4, 0.5) is 0 Å². The third kappa shape index (κ3) is 4.17. The normalized spacial score (nSPS) is 29.9. The molecule has 3 rings (SSSR count). The smallest absolute Gasteiger partial charge is 0.305 e. The van der Waals surface area contributed by atoms with Crippen molar-refractivity contribution in [3.05, 3.63) is 35.8 Å². The summed E-state index contributed by atoms with van der Waals surface area (Å²) in [5.41, 5.74) is 1.34. The van der Waals surface area contributed by atoms with Crippen LogP contribution in [0.5, 0.6) is 0 Å². The highest BCUT2D eigenvalue weighted by Gasteiger charge is 2.41. The van der Waals surface area contributed by atoms with E-state index in [1.165, 1.54) is 12.7 Å². The molecule has 0 radical (unpaired) electrons. The molecule has 5 atom stereocenters. The van der Waals surface area contributed by atoms with Crippen LogP contribution in [0.25, 0.3) is 0 Å². The van der Waals surface area contributed by atoms with Crippen LogP contribution in [-0.2, 0) is 20.7 Å². The zero-order valence-electron chi connectivity index (χ0n) is 15.6. The van der Waals surface area contributed by atoms with Crippen molar-refractivity contribution < 1.29 is 18.7 Å². The summed E-state index contributed by atoms with van der Waals surface area (Å²) in [6.45, 7) is 5.24. The van der Waals surface area contributed by atoms with Gasteiger partial charge in [-0.3, -0.25) is 4.79 Å². The molecule has 0 amide bonds. The summed E-state index contributed by atoms with van der Waals surface area (Å²) >= 11 is 0. The van der Waals surface area contributed by atoms with Gasteiger partial charge in [-0.15, -0.1) is 0 Å². The van der Waals surface area contributed by atoms with Crippen molar-refractivity contribution >= 4 is 5.97 Å². The Hall–Kier alpha value is -1.55. The molecule has 1 aliphatic carbocycles.